The zero-order valence-corrected chi connectivity index (χ0v) is 14.0. The van der Waals surface area contributed by atoms with Crippen LogP contribution in [-0.4, -0.2) is 37.1 Å². The largest absolute Gasteiger partial charge is 0.317 e. The van der Waals surface area contributed by atoms with Crippen molar-refractivity contribution in [1.82, 2.24) is 10.2 Å². The summed E-state index contributed by atoms with van der Waals surface area (Å²) in [5, 5.41) is 3.48. The molecule has 0 aliphatic carbocycles. The van der Waals surface area contributed by atoms with E-state index in [1.807, 2.05) is 0 Å². The average molecular weight is 288 g/mol. The van der Waals surface area contributed by atoms with Gasteiger partial charge in [0.15, 0.2) is 0 Å². The van der Waals surface area contributed by atoms with E-state index in [1.165, 1.54) is 37.9 Å². The van der Waals surface area contributed by atoms with Crippen LogP contribution in [0.3, 0.4) is 0 Å². The molecule has 1 aromatic carbocycles. The summed E-state index contributed by atoms with van der Waals surface area (Å²) in [5.41, 5.74) is 1.50. The topological polar surface area (TPSA) is 15.3 Å². The van der Waals surface area contributed by atoms with Crippen LogP contribution in [0.25, 0.3) is 0 Å². The van der Waals surface area contributed by atoms with Gasteiger partial charge in [0.25, 0.3) is 0 Å². The van der Waals surface area contributed by atoms with Gasteiger partial charge in [0.05, 0.1) is 0 Å². The molecule has 1 N–H and O–H groups in total. The van der Waals surface area contributed by atoms with Crippen molar-refractivity contribution in [3.05, 3.63) is 35.9 Å². The smallest absolute Gasteiger partial charge is 0.0105 e. The highest BCUT2D eigenvalue weighted by molar-refractivity contribution is 5.15. The second-order valence-corrected chi connectivity index (χ2v) is 6.69. The normalized spacial score (nSPS) is 20.3. The maximum absolute atomic E-state index is 3.48. The molecule has 1 fully saturated rings. The fourth-order valence-electron chi connectivity index (χ4n) is 3.41. The first-order valence-electron chi connectivity index (χ1n) is 8.69. The van der Waals surface area contributed by atoms with E-state index in [2.05, 4.69) is 61.3 Å². The summed E-state index contributed by atoms with van der Waals surface area (Å²) in [5.74, 6) is 1.61. The number of nitrogens with zero attached hydrogens (tertiary/aromatic N) is 1. The molecule has 0 saturated carbocycles. The zero-order valence-electron chi connectivity index (χ0n) is 14.0. The van der Waals surface area contributed by atoms with Gasteiger partial charge in [-0.05, 0) is 69.8 Å². The Morgan fingerprint density at radius 2 is 1.81 bits per heavy atom. The molecule has 1 aliphatic heterocycles. The van der Waals surface area contributed by atoms with Crippen LogP contribution in [-0.2, 0) is 6.42 Å². The minimum atomic E-state index is 0.696. The minimum Gasteiger partial charge on any atom is -0.317 e. The fourth-order valence-corrected chi connectivity index (χ4v) is 3.41. The van der Waals surface area contributed by atoms with Crippen molar-refractivity contribution >= 4 is 0 Å². The van der Waals surface area contributed by atoms with Gasteiger partial charge in [-0.1, -0.05) is 44.2 Å². The number of nitrogens with one attached hydrogen (secondary N) is 1. The van der Waals surface area contributed by atoms with Gasteiger partial charge in [-0.25, -0.2) is 0 Å². The lowest BCUT2D eigenvalue weighted by atomic mass is 9.88. The summed E-state index contributed by atoms with van der Waals surface area (Å²) in [4.78, 5) is 2.70. The van der Waals surface area contributed by atoms with Crippen LogP contribution in [0.1, 0.15) is 39.2 Å². The summed E-state index contributed by atoms with van der Waals surface area (Å²) < 4.78 is 0. The molecule has 2 atom stereocenters. The summed E-state index contributed by atoms with van der Waals surface area (Å²) in [6.45, 7) is 11.7. The van der Waals surface area contributed by atoms with Crippen LogP contribution in [0, 0.1) is 11.8 Å². The molecular weight excluding hydrogens is 256 g/mol. The van der Waals surface area contributed by atoms with Crippen molar-refractivity contribution in [3.63, 3.8) is 0 Å². The van der Waals surface area contributed by atoms with E-state index in [-0.39, 0.29) is 0 Å². The Hall–Kier alpha value is -0.860. The lowest BCUT2D eigenvalue weighted by molar-refractivity contribution is 0.109. The quantitative estimate of drug-likeness (QED) is 0.825. The monoisotopic (exact) mass is 288 g/mol. The van der Waals surface area contributed by atoms with Gasteiger partial charge in [-0.15, -0.1) is 0 Å². The van der Waals surface area contributed by atoms with Crippen molar-refractivity contribution in [2.45, 2.75) is 46.1 Å². The van der Waals surface area contributed by atoms with Crippen LogP contribution in [0.2, 0.25) is 0 Å². The van der Waals surface area contributed by atoms with Gasteiger partial charge in [0.1, 0.15) is 0 Å². The Bertz CT molecular complexity index is 382. The van der Waals surface area contributed by atoms with Gasteiger partial charge >= 0.3 is 0 Å². The van der Waals surface area contributed by atoms with Crippen molar-refractivity contribution in [1.29, 1.82) is 0 Å². The second kappa shape index (κ2) is 8.55. The Morgan fingerprint density at radius 1 is 1.14 bits per heavy atom. The number of rotatable bonds is 7. The predicted octanol–water partition coefficient (Wildman–Crippen LogP) is 3.58. The number of hydrogen-bond acceptors (Lipinski definition) is 2. The lowest BCUT2D eigenvalue weighted by Gasteiger charge is -2.38. The summed E-state index contributed by atoms with van der Waals surface area (Å²) in [6, 6.07) is 11.7. The maximum Gasteiger partial charge on any atom is 0.0105 e. The molecule has 0 radical (unpaired) electrons. The molecule has 0 aromatic heterocycles. The molecule has 2 rings (SSSR count). The van der Waals surface area contributed by atoms with Crippen LogP contribution in [0.15, 0.2) is 30.3 Å². The van der Waals surface area contributed by atoms with E-state index >= 15 is 0 Å². The van der Waals surface area contributed by atoms with Gasteiger partial charge in [-0.2, -0.15) is 0 Å². The van der Waals surface area contributed by atoms with Crippen molar-refractivity contribution in [2.75, 3.05) is 26.2 Å². The number of benzene rings is 1. The van der Waals surface area contributed by atoms with Gasteiger partial charge in [0.2, 0.25) is 0 Å². The molecule has 1 heterocycles. The molecule has 0 bridgehead atoms. The Balaban J connectivity index is 1.75. The molecule has 1 saturated heterocycles. The molecule has 2 heteroatoms. The zero-order chi connectivity index (χ0) is 15.1. The van der Waals surface area contributed by atoms with Crippen molar-refractivity contribution in [3.8, 4) is 0 Å². The number of likely N-dealkylation sites (tertiary alicyclic amines) is 1. The number of piperidine rings is 1. The highest BCUT2D eigenvalue weighted by Crippen LogP contribution is 2.24. The van der Waals surface area contributed by atoms with Crippen molar-refractivity contribution in [2.24, 2.45) is 11.8 Å². The Morgan fingerprint density at radius 3 is 2.43 bits per heavy atom. The van der Waals surface area contributed by atoms with E-state index in [0.29, 0.717) is 6.04 Å². The first-order valence-corrected chi connectivity index (χ1v) is 8.69. The van der Waals surface area contributed by atoms with Gasteiger partial charge in [0, 0.05) is 6.04 Å². The minimum absolute atomic E-state index is 0.696. The summed E-state index contributed by atoms with van der Waals surface area (Å²) in [6.07, 6.45) is 3.97. The summed E-state index contributed by atoms with van der Waals surface area (Å²) in [7, 11) is 0. The predicted molar refractivity (Wildman–Crippen MR) is 91.6 cm³/mol. The third-order valence-corrected chi connectivity index (χ3v) is 5.13. The molecule has 1 aromatic rings. The first-order chi connectivity index (χ1) is 10.2. The van der Waals surface area contributed by atoms with E-state index in [4.69, 9.17) is 0 Å². The molecule has 21 heavy (non-hydrogen) atoms. The van der Waals surface area contributed by atoms with Crippen LogP contribution in [0.5, 0.6) is 0 Å². The van der Waals surface area contributed by atoms with Gasteiger partial charge < -0.3 is 10.2 Å². The van der Waals surface area contributed by atoms with Crippen molar-refractivity contribution < 1.29 is 0 Å². The standard InChI is InChI=1S/C19H32N2/c1-4-20-15-16(2)17(3)21-12-10-19(11-13-21)14-18-8-6-5-7-9-18/h5-9,16-17,19-20H,4,10-15H2,1-3H3. The molecule has 2 nitrogen and oxygen atoms in total. The second-order valence-electron chi connectivity index (χ2n) is 6.69. The lowest BCUT2D eigenvalue weighted by Crippen LogP contribution is -2.45. The van der Waals surface area contributed by atoms with E-state index in [0.717, 1.165) is 24.9 Å². The van der Waals surface area contributed by atoms with Gasteiger partial charge in [-0.3, -0.25) is 0 Å². The van der Waals surface area contributed by atoms with Crippen LogP contribution < -0.4 is 5.32 Å². The third-order valence-electron chi connectivity index (χ3n) is 5.13. The SMILES string of the molecule is CCNCC(C)C(C)N1CCC(Cc2ccccc2)CC1. The number of hydrogen-bond donors (Lipinski definition) is 1. The molecular formula is C19H32N2. The van der Waals surface area contributed by atoms with Crippen LogP contribution >= 0.6 is 0 Å². The first kappa shape index (κ1) is 16.5. The van der Waals surface area contributed by atoms with E-state index in [9.17, 15) is 0 Å². The van der Waals surface area contributed by atoms with E-state index < -0.39 is 0 Å². The molecule has 118 valence electrons. The highest BCUT2D eigenvalue weighted by Gasteiger charge is 2.25. The van der Waals surface area contributed by atoms with Crippen LogP contribution in [0.4, 0.5) is 0 Å². The Kier molecular flexibility index (Phi) is 6.72. The molecule has 1 aliphatic rings. The average Bonchev–Trinajstić information content (AvgIpc) is 2.53. The Labute approximate surface area is 130 Å². The van der Waals surface area contributed by atoms with E-state index in [1.54, 1.807) is 0 Å². The highest BCUT2D eigenvalue weighted by atomic mass is 15.2. The summed E-state index contributed by atoms with van der Waals surface area (Å²) >= 11 is 0. The molecule has 0 spiro atoms. The fraction of sp³-hybridized carbons (Fsp3) is 0.684. The molecule has 2 unspecified atom stereocenters. The maximum atomic E-state index is 3.48. The molecule has 0 amide bonds. The third kappa shape index (κ3) is 5.12.